The molecule has 0 atom stereocenters. The van der Waals surface area contributed by atoms with Crippen LogP contribution in [0, 0.1) is 11.3 Å². The van der Waals surface area contributed by atoms with Crippen LogP contribution in [0.3, 0.4) is 0 Å². The van der Waals surface area contributed by atoms with E-state index >= 15 is 0 Å². The summed E-state index contributed by atoms with van der Waals surface area (Å²) in [6, 6.07) is 7.68. The molecule has 0 aliphatic rings. The van der Waals surface area contributed by atoms with Crippen molar-refractivity contribution in [2.24, 2.45) is 0 Å². The number of anilines is 1. The highest BCUT2D eigenvalue weighted by Gasteiger charge is 2.16. The number of thiazole rings is 1. The van der Waals surface area contributed by atoms with Gasteiger partial charge in [0.25, 0.3) is 10.0 Å². The van der Waals surface area contributed by atoms with Crippen molar-refractivity contribution in [3.63, 3.8) is 0 Å². The maximum Gasteiger partial charge on any atom is 0.263 e. The third-order valence-electron chi connectivity index (χ3n) is 2.63. The van der Waals surface area contributed by atoms with E-state index in [0.29, 0.717) is 10.7 Å². The summed E-state index contributed by atoms with van der Waals surface area (Å²) in [6.07, 6.45) is 0. The smallest absolute Gasteiger partial charge is 0.255 e. The lowest BCUT2D eigenvalue weighted by Gasteiger charge is -2.05. The molecule has 0 aliphatic heterocycles. The fourth-order valence-corrected chi connectivity index (χ4v) is 3.61. The van der Waals surface area contributed by atoms with E-state index in [4.69, 9.17) is 5.26 Å². The Kier molecular flexibility index (Phi) is 4.06. The molecule has 20 heavy (non-hydrogen) atoms. The first-order chi connectivity index (χ1) is 9.42. The fourth-order valence-electron chi connectivity index (χ4n) is 1.48. The van der Waals surface area contributed by atoms with Crippen LogP contribution in [-0.2, 0) is 10.0 Å². The first-order valence-corrected chi connectivity index (χ1v) is 8.27. The normalized spacial score (nSPS) is 11.3. The summed E-state index contributed by atoms with van der Waals surface area (Å²) in [5, 5.41) is 10.9. The summed E-state index contributed by atoms with van der Waals surface area (Å²) in [5.74, 6) is 0.249. The van der Waals surface area contributed by atoms with Gasteiger partial charge in [0, 0.05) is 5.38 Å². The SMILES string of the molecule is CC(C)c1csc(NS(=O)(=O)c2ccc(C#N)cc2)n1. The molecule has 0 aliphatic carbocycles. The molecular weight excluding hydrogens is 294 g/mol. The van der Waals surface area contributed by atoms with Crippen molar-refractivity contribution in [3.8, 4) is 6.07 Å². The van der Waals surface area contributed by atoms with Crippen molar-refractivity contribution in [2.45, 2.75) is 24.7 Å². The number of rotatable bonds is 4. The topological polar surface area (TPSA) is 82.9 Å². The van der Waals surface area contributed by atoms with Crippen molar-refractivity contribution >= 4 is 26.5 Å². The van der Waals surface area contributed by atoms with Gasteiger partial charge in [0.1, 0.15) is 0 Å². The standard InChI is InChI=1S/C13H13N3O2S2/c1-9(2)12-8-19-13(15-12)16-20(17,18)11-5-3-10(7-14)4-6-11/h3-6,8-9H,1-2H3,(H,15,16). The zero-order valence-corrected chi connectivity index (χ0v) is 12.6. The second kappa shape index (κ2) is 5.61. The average molecular weight is 307 g/mol. The molecule has 7 heteroatoms. The molecule has 2 aromatic rings. The van der Waals surface area contributed by atoms with Gasteiger partial charge in [-0.3, -0.25) is 4.72 Å². The Morgan fingerprint density at radius 3 is 2.45 bits per heavy atom. The monoisotopic (exact) mass is 307 g/mol. The third kappa shape index (κ3) is 3.15. The molecule has 0 bridgehead atoms. The highest BCUT2D eigenvalue weighted by molar-refractivity contribution is 7.93. The summed E-state index contributed by atoms with van der Waals surface area (Å²) in [6.45, 7) is 3.99. The predicted octanol–water partition coefficient (Wildman–Crippen LogP) is 2.94. The Balaban J connectivity index is 2.23. The first kappa shape index (κ1) is 14.5. The van der Waals surface area contributed by atoms with E-state index in [0.717, 1.165) is 5.69 Å². The molecule has 0 spiro atoms. The molecular formula is C13H13N3O2S2. The quantitative estimate of drug-likeness (QED) is 0.941. The highest BCUT2D eigenvalue weighted by Crippen LogP contribution is 2.24. The molecule has 2 rings (SSSR count). The van der Waals surface area contributed by atoms with Gasteiger partial charge in [-0.1, -0.05) is 13.8 Å². The van der Waals surface area contributed by atoms with Crippen molar-refractivity contribution in [1.29, 1.82) is 5.26 Å². The van der Waals surface area contributed by atoms with Gasteiger partial charge in [-0.15, -0.1) is 11.3 Å². The van der Waals surface area contributed by atoms with Crippen molar-refractivity contribution in [1.82, 2.24) is 4.98 Å². The first-order valence-electron chi connectivity index (χ1n) is 5.91. The molecule has 0 fully saturated rings. The van der Waals surface area contributed by atoms with Crippen LogP contribution in [-0.4, -0.2) is 13.4 Å². The lowest BCUT2D eigenvalue weighted by atomic mass is 10.2. The molecule has 5 nitrogen and oxygen atoms in total. The van der Waals surface area contributed by atoms with Crippen LogP contribution in [0.2, 0.25) is 0 Å². The number of benzene rings is 1. The van der Waals surface area contributed by atoms with Crippen LogP contribution in [0.15, 0.2) is 34.5 Å². The van der Waals surface area contributed by atoms with Gasteiger partial charge < -0.3 is 0 Å². The molecule has 1 heterocycles. The molecule has 0 saturated carbocycles. The molecule has 1 N–H and O–H groups in total. The van der Waals surface area contributed by atoms with Crippen molar-refractivity contribution in [2.75, 3.05) is 4.72 Å². The van der Waals surface area contributed by atoms with Crippen LogP contribution in [0.1, 0.15) is 31.0 Å². The van der Waals surface area contributed by atoms with Gasteiger partial charge in [0.2, 0.25) is 0 Å². The largest absolute Gasteiger partial charge is 0.263 e. The Labute approximate surface area is 122 Å². The van der Waals surface area contributed by atoms with Crippen LogP contribution in [0.5, 0.6) is 0 Å². The van der Waals surface area contributed by atoms with E-state index in [9.17, 15) is 8.42 Å². The Bertz CT molecular complexity index is 741. The van der Waals surface area contributed by atoms with Crippen molar-refractivity contribution < 1.29 is 8.42 Å². The number of hydrogen-bond acceptors (Lipinski definition) is 5. The van der Waals surface area contributed by atoms with Gasteiger partial charge in [-0.25, -0.2) is 13.4 Å². The Morgan fingerprint density at radius 2 is 1.95 bits per heavy atom. The van der Waals surface area contributed by atoms with Crippen LogP contribution in [0.25, 0.3) is 0 Å². The Morgan fingerprint density at radius 1 is 1.30 bits per heavy atom. The minimum Gasteiger partial charge on any atom is -0.255 e. The second-order valence-corrected chi connectivity index (χ2v) is 7.01. The molecule has 104 valence electrons. The van der Waals surface area contributed by atoms with Crippen LogP contribution < -0.4 is 4.72 Å². The zero-order valence-electron chi connectivity index (χ0n) is 11.0. The van der Waals surface area contributed by atoms with E-state index in [-0.39, 0.29) is 10.8 Å². The van der Waals surface area contributed by atoms with E-state index in [1.807, 2.05) is 25.3 Å². The lowest BCUT2D eigenvalue weighted by molar-refractivity contribution is 0.601. The highest BCUT2D eigenvalue weighted by atomic mass is 32.2. The van der Waals surface area contributed by atoms with Gasteiger partial charge in [0.05, 0.1) is 22.2 Å². The summed E-state index contributed by atoms with van der Waals surface area (Å²) < 4.78 is 26.7. The molecule has 0 saturated heterocycles. The minimum absolute atomic E-state index is 0.109. The average Bonchev–Trinajstić information content (AvgIpc) is 2.87. The number of aromatic nitrogens is 1. The zero-order chi connectivity index (χ0) is 14.8. The summed E-state index contributed by atoms with van der Waals surface area (Å²) in [5.41, 5.74) is 1.27. The molecule has 0 unspecified atom stereocenters. The molecule has 1 aromatic carbocycles. The number of hydrogen-bond donors (Lipinski definition) is 1. The third-order valence-corrected chi connectivity index (χ3v) is 4.89. The fraction of sp³-hybridized carbons (Fsp3) is 0.231. The van der Waals surface area contributed by atoms with Crippen LogP contribution in [0.4, 0.5) is 5.13 Å². The molecule has 1 aromatic heterocycles. The minimum atomic E-state index is -3.66. The number of nitriles is 1. The van der Waals surface area contributed by atoms with E-state index in [1.165, 1.54) is 35.6 Å². The number of nitrogens with one attached hydrogen (secondary N) is 1. The van der Waals surface area contributed by atoms with Gasteiger partial charge in [-0.05, 0) is 30.2 Å². The summed E-state index contributed by atoms with van der Waals surface area (Å²) in [4.78, 5) is 4.34. The Hall–Kier alpha value is -1.91. The summed E-state index contributed by atoms with van der Waals surface area (Å²) in [7, 11) is -3.66. The lowest BCUT2D eigenvalue weighted by Crippen LogP contribution is -2.12. The van der Waals surface area contributed by atoms with E-state index in [2.05, 4.69) is 9.71 Å². The van der Waals surface area contributed by atoms with Gasteiger partial charge >= 0.3 is 0 Å². The summed E-state index contributed by atoms with van der Waals surface area (Å²) >= 11 is 1.25. The van der Waals surface area contributed by atoms with Gasteiger partial charge in [-0.2, -0.15) is 5.26 Å². The number of sulfonamides is 1. The van der Waals surface area contributed by atoms with Crippen molar-refractivity contribution in [3.05, 3.63) is 40.9 Å². The maximum absolute atomic E-state index is 12.2. The van der Waals surface area contributed by atoms with E-state index in [1.54, 1.807) is 0 Å². The molecule has 0 amide bonds. The van der Waals surface area contributed by atoms with E-state index < -0.39 is 10.0 Å². The number of nitrogens with zero attached hydrogens (tertiary/aromatic N) is 2. The maximum atomic E-state index is 12.2. The molecule has 0 radical (unpaired) electrons. The predicted molar refractivity (Wildman–Crippen MR) is 78.2 cm³/mol. The van der Waals surface area contributed by atoms with Crippen LogP contribution >= 0.6 is 11.3 Å². The second-order valence-electron chi connectivity index (χ2n) is 4.47. The van der Waals surface area contributed by atoms with Gasteiger partial charge in [0.15, 0.2) is 5.13 Å².